The summed E-state index contributed by atoms with van der Waals surface area (Å²) in [6.45, 7) is 4.36. The third-order valence-corrected chi connectivity index (χ3v) is 2.58. The fraction of sp³-hybridized carbons (Fsp3) is 1.00. The summed E-state index contributed by atoms with van der Waals surface area (Å²) in [6, 6.07) is 0. The van der Waals surface area contributed by atoms with Crippen molar-refractivity contribution < 1.29 is 4.18 Å². The van der Waals surface area contributed by atoms with Crippen LogP contribution in [0, 0.1) is 0 Å². The van der Waals surface area contributed by atoms with Crippen LogP contribution in [0.15, 0.2) is 0 Å². The van der Waals surface area contributed by atoms with E-state index in [1.165, 1.54) is 32.4 Å². The number of hydrogen-bond acceptors (Lipinski definition) is 4. The number of nitrogens with zero attached hydrogens (tertiary/aromatic N) is 1. The molecule has 0 aromatic carbocycles. The van der Waals surface area contributed by atoms with Crippen LogP contribution in [0.1, 0.15) is 19.3 Å². The second-order valence-corrected chi connectivity index (χ2v) is 3.63. The summed E-state index contributed by atoms with van der Waals surface area (Å²) in [6.07, 6.45) is 4.11. The Balaban J connectivity index is 1.96. The molecule has 0 aromatic heterocycles. The summed E-state index contributed by atoms with van der Waals surface area (Å²) >= 11 is 5.05. The summed E-state index contributed by atoms with van der Waals surface area (Å²) in [5, 5.41) is 0. The summed E-state index contributed by atoms with van der Waals surface area (Å²) in [5.74, 6) is 0. The number of rotatable bonds is 4. The minimum Gasteiger partial charge on any atom is -0.304 e. The highest BCUT2D eigenvalue weighted by atomic mass is 33.1. The summed E-state index contributed by atoms with van der Waals surface area (Å²) in [4.78, 5) is 2.45. The average molecular weight is 193 g/mol. The highest BCUT2D eigenvalue weighted by Crippen LogP contribution is 2.10. The van der Waals surface area contributed by atoms with Gasteiger partial charge in [0.15, 0.2) is 0 Å². The third-order valence-electron chi connectivity index (χ3n) is 1.99. The SMILES string of the molecule is SSOCCN1CCCCC1. The average Bonchev–Trinajstić information content (AvgIpc) is 2.07. The molecule has 1 aliphatic rings. The molecule has 0 N–H and O–H groups in total. The first kappa shape index (κ1) is 9.71. The van der Waals surface area contributed by atoms with Gasteiger partial charge in [0.2, 0.25) is 0 Å². The van der Waals surface area contributed by atoms with Crippen molar-refractivity contribution in [1.82, 2.24) is 4.90 Å². The smallest absolute Gasteiger partial charge is 0.0751 e. The van der Waals surface area contributed by atoms with E-state index in [2.05, 4.69) is 16.6 Å². The molecule has 1 aliphatic heterocycles. The Hall–Kier alpha value is 0.620. The molecule has 0 unspecified atom stereocenters. The summed E-state index contributed by atoms with van der Waals surface area (Å²) in [7, 11) is 0. The molecule has 0 atom stereocenters. The van der Waals surface area contributed by atoms with Crippen molar-refractivity contribution in [2.24, 2.45) is 0 Å². The largest absolute Gasteiger partial charge is 0.304 e. The van der Waals surface area contributed by atoms with Crippen molar-refractivity contribution >= 4 is 22.7 Å². The molecule has 1 heterocycles. The van der Waals surface area contributed by atoms with E-state index in [9.17, 15) is 0 Å². The van der Waals surface area contributed by atoms with E-state index in [-0.39, 0.29) is 0 Å². The Labute approximate surface area is 77.7 Å². The molecule has 11 heavy (non-hydrogen) atoms. The lowest BCUT2D eigenvalue weighted by Gasteiger charge is -2.25. The van der Waals surface area contributed by atoms with Crippen LogP contribution in [0.4, 0.5) is 0 Å². The van der Waals surface area contributed by atoms with Crippen LogP contribution in [-0.4, -0.2) is 31.1 Å². The lowest BCUT2D eigenvalue weighted by Crippen LogP contribution is -2.32. The van der Waals surface area contributed by atoms with E-state index in [0.29, 0.717) is 0 Å². The molecule has 1 fully saturated rings. The van der Waals surface area contributed by atoms with E-state index in [1.54, 1.807) is 0 Å². The predicted molar refractivity (Wildman–Crippen MR) is 52.8 cm³/mol. The van der Waals surface area contributed by atoms with Gasteiger partial charge in [-0.05, 0) is 25.9 Å². The number of hydrogen-bond donors (Lipinski definition) is 1. The molecule has 4 heteroatoms. The van der Waals surface area contributed by atoms with E-state index in [1.807, 2.05) is 0 Å². The molecule has 1 saturated heterocycles. The number of piperidine rings is 1. The first-order valence-corrected chi connectivity index (χ1v) is 5.88. The fourth-order valence-corrected chi connectivity index (χ4v) is 1.76. The normalized spacial score (nSPS) is 20.5. The maximum absolute atomic E-state index is 5.08. The van der Waals surface area contributed by atoms with Gasteiger partial charge in [0, 0.05) is 6.54 Å². The van der Waals surface area contributed by atoms with Gasteiger partial charge in [-0.15, -0.1) is 0 Å². The molecule has 0 amide bonds. The van der Waals surface area contributed by atoms with Gasteiger partial charge in [-0.2, -0.15) is 0 Å². The van der Waals surface area contributed by atoms with Crippen molar-refractivity contribution in [2.75, 3.05) is 26.2 Å². The first-order chi connectivity index (χ1) is 5.43. The molecular weight excluding hydrogens is 178 g/mol. The monoisotopic (exact) mass is 193 g/mol. The van der Waals surface area contributed by atoms with Gasteiger partial charge in [0.05, 0.1) is 17.7 Å². The van der Waals surface area contributed by atoms with E-state index in [0.717, 1.165) is 24.2 Å². The van der Waals surface area contributed by atoms with E-state index >= 15 is 0 Å². The molecule has 0 spiro atoms. The fourth-order valence-electron chi connectivity index (χ4n) is 1.39. The predicted octanol–water partition coefficient (Wildman–Crippen LogP) is 1.98. The van der Waals surface area contributed by atoms with Gasteiger partial charge in [-0.1, -0.05) is 18.1 Å². The minimum absolute atomic E-state index is 0.800. The Morgan fingerprint density at radius 2 is 2.00 bits per heavy atom. The quantitative estimate of drug-likeness (QED) is 0.317. The van der Waals surface area contributed by atoms with Gasteiger partial charge in [-0.25, -0.2) is 0 Å². The van der Waals surface area contributed by atoms with Crippen LogP contribution in [0.25, 0.3) is 0 Å². The zero-order chi connectivity index (χ0) is 7.94. The molecule has 0 aromatic rings. The van der Waals surface area contributed by atoms with Crippen LogP contribution in [-0.2, 0) is 4.18 Å². The zero-order valence-corrected chi connectivity index (χ0v) is 8.37. The van der Waals surface area contributed by atoms with Gasteiger partial charge < -0.3 is 9.08 Å². The second kappa shape index (κ2) is 6.17. The van der Waals surface area contributed by atoms with Crippen LogP contribution < -0.4 is 0 Å². The highest BCUT2D eigenvalue weighted by molar-refractivity contribution is 8.66. The van der Waals surface area contributed by atoms with Gasteiger partial charge in [0.25, 0.3) is 0 Å². The summed E-state index contributed by atoms with van der Waals surface area (Å²) in [5.41, 5.74) is 0. The molecular formula is C7H15NOS2. The molecule has 2 nitrogen and oxygen atoms in total. The number of thiol groups is 1. The van der Waals surface area contributed by atoms with E-state index in [4.69, 9.17) is 4.18 Å². The summed E-state index contributed by atoms with van der Waals surface area (Å²) < 4.78 is 5.08. The maximum atomic E-state index is 5.08. The van der Waals surface area contributed by atoms with Crippen LogP contribution in [0.2, 0.25) is 0 Å². The van der Waals surface area contributed by atoms with Crippen LogP contribution in [0.3, 0.4) is 0 Å². The number of likely N-dealkylation sites (tertiary alicyclic amines) is 1. The first-order valence-electron chi connectivity index (χ1n) is 4.09. The van der Waals surface area contributed by atoms with Crippen molar-refractivity contribution in [1.29, 1.82) is 0 Å². The highest BCUT2D eigenvalue weighted by Gasteiger charge is 2.08. The van der Waals surface area contributed by atoms with Crippen molar-refractivity contribution in [3.8, 4) is 0 Å². The van der Waals surface area contributed by atoms with Crippen LogP contribution >= 0.6 is 22.7 Å². The Morgan fingerprint density at radius 1 is 1.27 bits per heavy atom. The molecule has 0 aliphatic carbocycles. The van der Waals surface area contributed by atoms with Gasteiger partial charge in [0.1, 0.15) is 0 Å². The standard InChI is InChI=1S/C7H15NOS2/c10-11-9-7-6-8-4-2-1-3-5-8/h10H,1-7H2. The molecule has 0 radical (unpaired) electrons. The van der Waals surface area contributed by atoms with Gasteiger partial charge >= 0.3 is 0 Å². The Kier molecular flexibility index (Phi) is 5.45. The van der Waals surface area contributed by atoms with Gasteiger partial charge in [-0.3, -0.25) is 0 Å². The lowest BCUT2D eigenvalue weighted by molar-refractivity contribution is 0.195. The van der Waals surface area contributed by atoms with Crippen molar-refractivity contribution in [2.45, 2.75) is 19.3 Å². The maximum Gasteiger partial charge on any atom is 0.0751 e. The molecule has 0 saturated carbocycles. The minimum atomic E-state index is 0.800. The van der Waals surface area contributed by atoms with E-state index < -0.39 is 0 Å². The molecule has 0 bridgehead atoms. The van der Waals surface area contributed by atoms with Crippen molar-refractivity contribution in [3.63, 3.8) is 0 Å². The lowest BCUT2D eigenvalue weighted by atomic mass is 10.1. The molecule has 66 valence electrons. The topological polar surface area (TPSA) is 12.5 Å². The third kappa shape index (κ3) is 4.25. The second-order valence-electron chi connectivity index (χ2n) is 2.80. The van der Waals surface area contributed by atoms with Crippen molar-refractivity contribution in [3.05, 3.63) is 0 Å². The van der Waals surface area contributed by atoms with Crippen LogP contribution in [0.5, 0.6) is 0 Å². The Morgan fingerprint density at radius 3 is 2.64 bits per heavy atom. The zero-order valence-electron chi connectivity index (χ0n) is 6.66. The molecule has 1 rings (SSSR count). The Bertz CT molecular complexity index is 96.4.